The highest BCUT2D eigenvalue weighted by Crippen LogP contribution is 2.38. The molecule has 4 N–H and O–H groups in total. The van der Waals surface area contributed by atoms with Crippen LogP contribution in [0, 0.1) is 6.92 Å². The van der Waals surface area contributed by atoms with Gasteiger partial charge in [0, 0.05) is 16.8 Å². The first-order valence-electron chi connectivity index (χ1n) is 12.6. The Balaban J connectivity index is 0.00000216. The van der Waals surface area contributed by atoms with Crippen molar-refractivity contribution >= 4 is 35.3 Å². The number of fused-ring (bicyclic) bond motifs is 1. The third-order valence-electron chi connectivity index (χ3n) is 6.28. The zero-order valence-corrected chi connectivity index (χ0v) is 22.6. The van der Waals surface area contributed by atoms with Gasteiger partial charge >= 0.3 is 12.1 Å². The van der Waals surface area contributed by atoms with Crippen molar-refractivity contribution in [2.24, 2.45) is 5.73 Å². The molecule has 6 nitrogen and oxygen atoms in total. The van der Waals surface area contributed by atoms with Crippen molar-refractivity contribution in [1.82, 2.24) is 0 Å². The summed E-state index contributed by atoms with van der Waals surface area (Å²) in [5.41, 5.74) is 3.37. The Morgan fingerprint density at radius 3 is 2.45 bits per heavy atom. The first-order valence-corrected chi connectivity index (χ1v) is 12.6. The molecule has 4 rings (SSSR count). The molecule has 1 unspecified atom stereocenters. The number of hydrogen-bond acceptors (Lipinski definition) is 5. The van der Waals surface area contributed by atoms with Gasteiger partial charge in [-0.05, 0) is 67.6 Å². The molecule has 0 aliphatic heterocycles. The zero-order chi connectivity index (χ0) is 29.8. The van der Waals surface area contributed by atoms with Crippen LogP contribution in [0.3, 0.4) is 0 Å². The van der Waals surface area contributed by atoms with E-state index in [9.17, 15) is 27.9 Å². The molecule has 0 radical (unpaired) electrons. The summed E-state index contributed by atoms with van der Waals surface area (Å²) in [4.78, 5) is 25.0. The number of alkyl halides is 3. The molecule has 1 aromatic heterocycles. The Morgan fingerprint density at radius 1 is 1.15 bits per heavy atom. The second-order valence-corrected chi connectivity index (χ2v) is 9.11. The average Bonchev–Trinajstić information content (AvgIpc) is 2.90. The number of carboxylic acids is 1. The molecular formula is C31H31F3N2O4. The van der Waals surface area contributed by atoms with Gasteiger partial charge in [0.15, 0.2) is 5.76 Å². The molecule has 0 spiro atoms. The SMILES string of the molecule is C=c1ccc(-c2oc3c(C(C)Nc4ccccc4C(=O)O)cc(C)cc3c(=O)c2C(F)(F)F)c/c1=C/CC.CN. The Hall–Kier alpha value is -4.37. The number of aryl methyl sites for hydroxylation is 1. The maximum atomic E-state index is 14.3. The molecule has 0 aliphatic rings. The first kappa shape index (κ1) is 30.2. The summed E-state index contributed by atoms with van der Waals surface area (Å²) in [7, 11) is 1.50. The van der Waals surface area contributed by atoms with Gasteiger partial charge in [-0.15, -0.1) is 0 Å². The van der Waals surface area contributed by atoms with Gasteiger partial charge in [-0.2, -0.15) is 13.2 Å². The van der Waals surface area contributed by atoms with Crippen molar-refractivity contribution in [3.8, 4) is 11.3 Å². The number of aromatic carboxylic acids is 1. The van der Waals surface area contributed by atoms with Gasteiger partial charge in [0.05, 0.1) is 17.0 Å². The van der Waals surface area contributed by atoms with Gasteiger partial charge in [0.25, 0.3) is 0 Å². The summed E-state index contributed by atoms with van der Waals surface area (Å²) in [6.07, 6.45) is -2.49. The fourth-order valence-electron chi connectivity index (χ4n) is 4.51. The summed E-state index contributed by atoms with van der Waals surface area (Å²) in [6, 6.07) is 13.3. The summed E-state index contributed by atoms with van der Waals surface area (Å²) in [5, 5.41) is 13.7. The Morgan fingerprint density at radius 2 is 1.82 bits per heavy atom. The smallest absolute Gasteiger partial charge is 0.423 e. The monoisotopic (exact) mass is 552 g/mol. The number of benzene rings is 3. The van der Waals surface area contributed by atoms with Crippen molar-refractivity contribution in [3.63, 3.8) is 0 Å². The fourth-order valence-corrected chi connectivity index (χ4v) is 4.51. The van der Waals surface area contributed by atoms with Gasteiger partial charge in [-0.3, -0.25) is 4.79 Å². The molecule has 3 aromatic carbocycles. The van der Waals surface area contributed by atoms with Crippen LogP contribution in [-0.2, 0) is 6.18 Å². The number of nitrogens with one attached hydrogen (secondary N) is 1. The van der Waals surface area contributed by atoms with Crippen LogP contribution in [0.5, 0.6) is 0 Å². The van der Waals surface area contributed by atoms with E-state index in [1.807, 2.05) is 13.0 Å². The first-order chi connectivity index (χ1) is 18.9. The Labute approximate surface area is 229 Å². The molecule has 0 saturated heterocycles. The highest BCUT2D eigenvalue weighted by atomic mass is 19.4. The van der Waals surface area contributed by atoms with E-state index in [-0.39, 0.29) is 22.1 Å². The lowest BCUT2D eigenvalue weighted by atomic mass is 9.97. The van der Waals surface area contributed by atoms with Crippen LogP contribution in [0.15, 0.2) is 63.8 Å². The minimum Gasteiger partial charge on any atom is -0.478 e. The maximum Gasteiger partial charge on any atom is 0.423 e. The second kappa shape index (κ2) is 12.2. The standard InChI is InChI=1S/C30H26F3NO4.CH5N/c1-5-8-19-15-20(12-11-17(19)3)27-25(30(31,32)33)26(35)23-14-16(2)13-22(28(23)38-27)18(4)34-24-10-7-6-9-21(24)29(36)37;1-2/h6-15,18,34H,3,5H2,1-2,4H3,(H,36,37);2H2,1H3/b19-8-;. The van der Waals surface area contributed by atoms with Crippen molar-refractivity contribution in [2.75, 3.05) is 12.4 Å². The molecule has 0 amide bonds. The van der Waals surface area contributed by atoms with Crippen LogP contribution in [-0.4, -0.2) is 18.1 Å². The van der Waals surface area contributed by atoms with E-state index >= 15 is 0 Å². The molecule has 210 valence electrons. The fraction of sp³-hybridized carbons (Fsp3) is 0.226. The number of para-hydroxylation sites is 1. The van der Waals surface area contributed by atoms with Gasteiger partial charge in [0.2, 0.25) is 5.43 Å². The number of rotatable bonds is 6. The summed E-state index contributed by atoms with van der Waals surface area (Å²) in [6.45, 7) is 9.21. The number of anilines is 1. The number of carbonyl (C=O) groups is 1. The number of hydrogen-bond donors (Lipinski definition) is 3. The van der Waals surface area contributed by atoms with Crippen LogP contribution < -0.4 is 26.9 Å². The van der Waals surface area contributed by atoms with Crippen LogP contribution in [0.25, 0.3) is 34.9 Å². The van der Waals surface area contributed by atoms with E-state index in [4.69, 9.17) is 4.42 Å². The molecule has 1 atom stereocenters. The van der Waals surface area contributed by atoms with Crippen molar-refractivity contribution in [2.45, 2.75) is 39.4 Å². The highest BCUT2D eigenvalue weighted by Gasteiger charge is 2.40. The normalized spacial score (nSPS) is 12.6. The number of halogens is 3. The van der Waals surface area contributed by atoms with Crippen molar-refractivity contribution < 1.29 is 27.5 Å². The molecule has 1 heterocycles. The lowest BCUT2D eigenvalue weighted by Crippen LogP contribution is -2.24. The van der Waals surface area contributed by atoms with E-state index < -0.39 is 34.9 Å². The number of nitrogens with two attached hydrogens (primary N) is 1. The topological polar surface area (TPSA) is 106 Å². The van der Waals surface area contributed by atoms with Crippen molar-refractivity contribution in [1.29, 1.82) is 0 Å². The van der Waals surface area contributed by atoms with Gasteiger partial charge < -0.3 is 20.6 Å². The molecule has 0 aliphatic carbocycles. The molecule has 9 heteroatoms. The average molecular weight is 553 g/mol. The third kappa shape index (κ3) is 6.10. The summed E-state index contributed by atoms with van der Waals surface area (Å²) >= 11 is 0. The Bertz CT molecular complexity index is 1730. The molecule has 0 bridgehead atoms. The maximum absolute atomic E-state index is 14.3. The van der Waals surface area contributed by atoms with Gasteiger partial charge in [0.1, 0.15) is 11.1 Å². The minimum absolute atomic E-state index is 0.00359. The minimum atomic E-state index is -4.96. The van der Waals surface area contributed by atoms with E-state index in [0.717, 1.165) is 0 Å². The van der Waals surface area contributed by atoms with E-state index in [2.05, 4.69) is 17.6 Å². The van der Waals surface area contributed by atoms with Gasteiger partial charge in [-0.25, -0.2) is 4.79 Å². The number of carboxylic acid groups (broad SMARTS) is 1. The lowest BCUT2D eigenvalue weighted by Gasteiger charge is -2.20. The largest absolute Gasteiger partial charge is 0.478 e. The van der Waals surface area contributed by atoms with Gasteiger partial charge in [-0.1, -0.05) is 49.9 Å². The quantitative estimate of drug-likeness (QED) is 0.278. The molecule has 4 aromatic rings. The van der Waals surface area contributed by atoms with Crippen LogP contribution in [0.2, 0.25) is 0 Å². The molecule has 40 heavy (non-hydrogen) atoms. The van der Waals surface area contributed by atoms with E-state index in [1.54, 1.807) is 44.2 Å². The van der Waals surface area contributed by atoms with Crippen LogP contribution in [0.4, 0.5) is 18.9 Å². The predicted octanol–water partition coefficient (Wildman–Crippen LogP) is 5.83. The summed E-state index contributed by atoms with van der Waals surface area (Å²) < 4.78 is 48.8. The third-order valence-corrected chi connectivity index (χ3v) is 6.28. The van der Waals surface area contributed by atoms with Crippen LogP contribution >= 0.6 is 0 Å². The highest BCUT2D eigenvalue weighted by molar-refractivity contribution is 5.94. The second-order valence-electron chi connectivity index (χ2n) is 9.11. The molecular weight excluding hydrogens is 521 g/mol. The zero-order valence-electron chi connectivity index (χ0n) is 22.6. The molecule has 0 fully saturated rings. The van der Waals surface area contributed by atoms with Crippen molar-refractivity contribution in [3.05, 3.63) is 97.5 Å². The van der Waals surface area contributed by atoms with Crippen LogP contribution in [0.1, 0.15) is 53.4 Å². The lowest BCUT2D eigenvalue weighted by molar-refractivity contribution is -0.138. The summed E-state index contributed by atoms with van der Waals surface area (Å²) in [5.74, 6) is -1.71. The Kier molecular flexibility index (Phi) is 9.21. The van der Waals surface area contributed by atoms with E-state index in [0.29, 0.717) is 33.7 Å². The molecule has 0 saturated carbocycles. The predicted molar refractivity (Wildman–Crippen MR) is 153 cm³/mol. The van der Waals surface area contributed by atoms with E-state index in [1.165, 1.54) is 31.3 Å².